The molecule has 1 fully saturated rings. The number of carbonyl (C=O) groups excluding carboxylic acids is 3. The second-order valence-corrected chi connectivity index (χ2v) is 12.4. The van der Waals surface area contributed by atoms with Crippen molar-refractivity contribution in [3.8, 4) is 0 Å². The largest absolute Gasteiger partial charge is 0.338 e. The minimum Gasteiger partial charge on any atom is -0.338 e. The van der Waals surface area contributed by atoms with Crippen molar-refractivity contribution in [2.24, 2.45) is 0 Å². The van der Waals surface area contributed by atoms with Crippen LogP contribution >= 0.6 is 11.3 Å². The van der Waals surface area contributed by atoms with Gasteiger partial charge in [-0.05, 0) is 57.5 Å². The Balaban J connectivity index is 1.87. The molecule has 1 aromatic carbocycles. The molecule has 0 saturated carbocycles. The average molecular weight is 528 g/mol. The number of aryl methyl sites for hydroxylation is 1. The van der Waals surface area contributed by atoms with Gasteiger partial charge in [0, 0.05) is 36.7 Å². The maximum atomic E-state index is 13.9. The van der Waals surface area contributed by atoms with Crippen molar-refractivity contribution in [3.05, 3.63) is 46.3 Å². The number of amides is 4. The lowest BCUT2D eigenvalue weighted by molar-refractivity contribution is -0.146. The Kier molecular flexibility index (Phi) is 8.70. The van der Waals surface area contributed by atoms with Crippen LogP contribution in [0.25, 0.3) is 0 Å². The van der Waals surface area contributed by atoms with Crippen molar-refractivity contribution >= 4 is 39.9 Å². The van der Waals surface area contributed by atoms with Gasteiger partial charge in [0.05, 0.1) is 5.56 Å². The molecule has 2 heterocycles. The third-order valence-electron chi connectivity index (χ3n) is 6.72. The number of nitrogens with zero attached hydrogens (tertiary/aromatic N) is 3. The van der Waals surface area contributed by atoms with Crippen LogP contribution in [0.4, 0.5) is 15.5 Å². The Morgan fingerprint density at radius 1 is 1.11 bits per heavy atom. The van der Waals surface area contributed by atoms with Crippen molar-refractivity contribution in [3.63, 3.8) is 0 Å². The Bertz CT molecular complexity index is 1150. The van der Waals surface area contributed by atoms with Crippen molar-refractivity contribution in [1.82, 2.24) is 14.7 Å². The fourth-order valence-corrected chi connectivity index (χ4v) is 5.46. The first kappa shape index (κ1) is 28.7. The van der Waals surface area contributed by atoms with E-state index in [2.05, 4.69) is 31.4 Å². The monoisotopic (exact) mass is 527 g/mol. The van der Waals surface area contributed by atoms with Gasteiger partial charge in [-0.3, -0.25) is 14.9 Å². The van der Waals surface area contributed by atoms with Crippen LogP contribution in [0.2, 0.25) is 0 Å². The summed E-state index contributed by atoms with van der Waals surface area (Å²) < 4.78 is 0. The molecule has 1 aromatic heterocycles. The number of piperazine rings is 1. The van der Waals surface area contributed by atoms with E-state index in [1.807, 2.05) is 61.2 Å². The van der Waals surface area contributed by atoms with E-state index in [0.29, 0.717) is 30.2 Å². The van der Waals surface area contributed by atoms with Gasteiger partial charge in [0.2, 0.25) is 5.91 Å². The van der Waals surface area contributed by atoms with Crippen molar-refractivity contribution < 1.29 is 14.4 Å². The summed E-state index contributed by atoms with van der Waals surface area (Å²) >= 11 is 1.40. The molecule has 3 rings (SSSR count). The molecular weight excluding hydrogens is 486 g/mol. The Morgan fingerprint density at radius 2 is 1.78 bits per heavy atom. The van der Waals surface area contributed by atoms with E-state index in [9.17, 15) is 14.4 Å². The first-order valence-electron chi connectivity index (χ1n) is 12.8. The van der Waals surface area contributed by atoms with E-state index in [4.69, 9.17) is 0 Å². The topological polar surface area (TPSA) is 85.0 Å². The summed E-state index contributed by atoms with van der Waals surface area (Å²) in [5, 5.41) is 6.33. The van der Waals surface area contributed by atoms with Gasteiger partial charge in [0.25, 0.3) is 5.91 Å². The molecule has 0 radical (unpaired) electrons. The predicted molar refractivity (Wildman–Crippen MR) is 152 cm³/mol. The first-order chi connectivity index (χ1) is 17.3. The predicted octanol–water partition coefficient (Wildman–Crippen LogP) is 4.88. The number of carbonyl (C=O) groups is 3. The maximum Gasteiger partial charge on any atom is 0.324 e. The Morgan fingerprint density at radius 3 is 2.41 bits per heavy atom. The molecule has 8 nitrogen and oxygen atoms in total. The van der Waals surface area contributed by atoms with Crippen LogP contribution in [0.5, 0.6) is 0 Å². The van der Waals surface area contributed by atoms with Crippen LogP contribution in [-0.2, 0) is 16.6 Å². The smallest absolute Gasteiger partial charge is 0.324 e. The zero-order chi connectivity index (χ0) is 27.5. The molecule has 37 heavy (non-hydrogen) atoms. The molecule has 1 saturated heterocycles. The highest BCUT2D eigenvalue weighted by Crippen LogP contribution is 2.38. The van der Waals surface area contributed by atoms with E-state index in [1.54, 1.807) is 18.7 Å². The molecular formula is C28H41N5O3S. The minimum atomic E-state index is -0.995. The van der Waals surface area contributed by atoms with E-state index < -0.39 is 11.6 Å². The number of anilines is 2. The molecule has 1 aliphatic heterocycles. The molecule has 0 bridgehead atoms. The summed E-state index contributed by atoms with van der Waals surface area (Å²) in [6.07, 6.45) is 0.789. The number of urea groups is 1. The van der Waals surface area contributed by atoms with Gasteiger partial charge in [-0.15, -0.1) is 11.3 Å². The van der Waals surface area contributed by atoms with E-state index in [1.165, 1.54) is 11.3 Å². The van der Waals surface area contributed by atoms with Gasteiger partial charge in [-0.1, -0.05) is 45.9 Å². The molecule has 0 aliphatic carbocycles. The van der Waals surface area contributed by atoms with Crippen LogP contribution in [0, 0.1) is 0 Å². The summed E-state index contributed by atoms with van der Waals surface area (Å²) in [6.45, 7) is 14.2. The summed E-state index contributed by atoms with van der Waals surface area (Å²) in [5.41, 5.74) is 0.981. The van der Waals surface area contributed by atoms with Crippen LogP contribution in [-0.4, -0.2) is 78.4 Å². The lowest BCUT2D eigenvalue weighted by Crippen LogP contribution is -2.65. The standard InChI is InChI=1S/C28H41N5O3S/c1-9-19-12-10-11-13-21(19)29-26(36)30-23-20(18-22(37-23)27(2,3)4)24(34)33-17-16-32(15-14-31(7)8)25(35)28(33,5)6/h10-13,18H,9,14-17H2,1-8H3,(H2,29,30,36). The van der Waals surface area contributed by atoms with E-state index >= 15 is 0 Å². The number of rotatable bonds is 7. The van der Waals surface area contributed by atoms with Gasteiger partial charge in [0.1, 0.15) is 10.5 Å². The van der Waals surface area contributed by atoms with Crippen molar-refractivity contribution in [2.75, 3.05) is 50.9 Å². The van der Waals surface area contributed by atoms with Gasteiger partial charge < -0.3 is 20.0 Å². The number of benzene rings is 1. The second kappa shape index (κ2) is 11.2. The lowest BCUT2D eigenvalue weighted by Gasteiger charge is -2.46. The highest BCUT2D eigenvalue weighted by molar-refractivity contribution is 7.16. The number of para-hydroxylation sites is 1. The Labute approximate surface area is 225 Å². The van der Waals surface area contributed by atoms with E-state index in [-0.39, 0.29) is 17.2 Å². The fourth-order valence-electron chi connectivity index (χ4n) is 4.36. The number of hydrogen-bond donors (Lipinski definition) is 2. The van der Waals surface area contributed by atoms with Crippen LogP contribution in [0.15, 0.2) is 30.3 Å². The van der Waals surface area contributed by atoms with Crippen LogP contribution in [0.3, 0.4) is 0 Å². The van der Waals surface area contributed by atoms with Crippen molar-refractivity contribution in [2.45, 2.75) is 58.9 Å². The lowest BCUT2D eigenvalue weighted by atomic mass is 9.93. The molecule has 0 atom stereocenters. The molecule has 0 spiro atoms. The highest BCUT2D eigenvalue weighted by atomic mass is 32.1. The minimum absolute atomic E-state index is 0.0661. The summed E-state index contributed by atoms with van der Waals surface area (Å²) in [4.78, 5) is 46.7. The number of hydrogen-bond acceptors (Lipinski definition) is 5. The summed E-state index contributed by atoms with van der Waals surface area (Å²) in [5.74, 6) is -0.315. The molecule has 4 amide bonds. The third kappa shape index (κ3) is 6.51. The zero-order valence-corrected chi connectivity index (χ0v) is 24.2. The highest BCUT2D eigenvalue weighted by Gasteiger charge is 2.45. The number of thiophene rings is 1. The maximum absolute atomic E-state index is 13.9. The molecule has 9 heteroatoms. The van der Waals surface area contributed by atoms with Gasteiger partial charge in [0.15, 0.2) is 0 Å². The van der Waals surface area contributed by atoms with Gasteiger partial charge >= 0.3 is 6.03 Å². The SMILES string of the molecule is CCc1ccccc1NC(=O)Nc1sc(C(C)(C)C)cc1C(=O)N1CCN(CCN(C)C)C(=O)C1(C)C. The molecule has 2 aromatic rings. The fraction of sp³-hybridized carbons (Fsp3) is 0.536. The van der Waals surface area contributed by atoms with E-state index in [0.717, 1.165) is 29.1 Å². The number of likely N-dealkylation sites (N-methyl/N-ethyl adjacent to an activating group) is 1. The first-order valence-corrected chi connectivity index (χ1v) is 13.6. The van der Waals surface area contributed by atoms with Gasteiger partial charge in [-0.2, -0.15) is 0 Å². The zero-order valence-electron chi connectivity index (χ0n) is 23.4. The van der Waals surface area contributed by atoms with Gasteiger partial charge in [-0.25, -0.2) is 4.79 Å². The molecule has 2 N–H and O–H groups in total. The van der Waals surface area contributed by atoms with Crippen LogP contribution < -0.4 is 10.6 Å². The quantitative estimate of drug-likeness (QED) is 0.538. The average Bonchev–Trinajstić information content (AvgIpc) is 3.24. The summed E-state index contributed by atoms with van der Waals surface area (Å²) in [7, 11) is 3.95. The molecule has 0 unspecified atom stereocenters. The summed E-state index contributed by atoms with van der Waals surface area (Å²) in [6, 6.07) is 9.12. The number of nitrogens with one attached hydrogen (secondary N) is 2. The van der Waals surface area contributed by atoms with Crippen molar-refractivity contribution in [1.29, 1.82) is 0 Å². The molecule has 202 valence electrons. The second-order valence-electron chi connectivity index (χ2n) is 11.3. The third-order valence-corrected chi connectivity index (χ3v) is 8.19. The molecule has 1 aliphatic rings. The normalized spacial score (nSPS) is 15.8. The van der Waals surface area contributed by atoms with Crippen LogP contribution in [0.1, 0.15) is 62.3 Å². The Hall–Kier alpha value is -2.91.